The van der Waals surface area contributed by atoms with Gasteiger partial charge in [-0.3, -0.25) is 0 Å². The van der Waals surface area contributed by atoms with Crippen LogP contribution in [0.15, 0.2) is 17.5 Å². The molecule has 1 unspecified atom stereocenters. The molecule has 0 aliphatic carbocycles. The zero-order valence-corrected chi connectivity index (χ0v) is 14.9. The standard InChI is InChI=1S/C14H23ClN2O2S2/c1-12(2)17(11-14-7-5-9-20-14)21(18,19)16-8-4-3-6-13(16)10-15/h5,7,9,12-13H,3-4,6,8,10-11H2,1-2H3. The second kappa shape index (κ2) is 7.42. The fourth-order valence-electron chi connectivity index (χ4n) is 2.65. The van der Waals surface area contributed by atoms with Crippen LogP contribution in [-0.2, 0) is 16.8 Å². The van der Waals surface area contributed by atoms with Gasteiger partial charge in [-0.05, 0) is 38.1 Å². The van der Waals surface area contributed by atoms with E-state index in [1.54, 1.807) is 19.9 Å². The summed E-state index contributed by atoms with van der Waals surface area (Å²) in [4.78, 5) is 1.06. The second-order valence-electron chi connectivity index (χ2n) is 5.64. The maximum Gasteiger partial charge on any atom is 0.282 e. The number of piperidine rings is 1. The van der Waals surface area contributed by atoms with E-state index in [1.165, 1.54) is 0 Å². The Kier molecular flexibility index (Phi) is 6.08. The van der Waals surface area contributed by atoms with E-state index in [4.69, 9.17) is 11.6 Å². The third-order valence-corrected chi connectivity index (χ3v) is 7.25. The van der Waals surface area contributed by atoms with Crippen LogP contribution in [0.25, 0.3) is 0 Å². The molecule has 1 fully saturated rings. The van der Waals surface area contributed by atoms with Gasteiger partial charge in [-0.25, -0.2) is 0 Å². The second-order valence-corrected chi connectivity index (χ2v) is 8.82. The van der Waals surface area contributed by atoms with E-state index in [0.29, 0.717) is 19.0 Å². The van der Waals surface area contributed by atoms with E-state index >= 15 is 0 Å². The fourth-order valence-corrected chi connectivity index (χ4v) is 5.86. The van der Waals surface area contributed by atoms with E-state index in [0.717, 1.165) is 24.1 Å². The highest BCUT2D eigenvalue weighted by atomic mass is 35.5. The van der Waals surface area contributed by atoms with Crippen LogP contribution in [0.2, 0.25) is 0 Å². The average Bonchev–Trinajstić information content (AvgIpc) is 2.97. The van der Waals surface area contributed by atoms with Crippen LogP contribution < -0.4 is 0 Å². The van der Waals surface area contributed by atoms with Crippen molar-refractivity contribution >= 4 is 33.1 Å². The Morgan fingerprint density at radius 1 is 1.48 bits per heavy atom. The van der Waals surface area contributed by atoms with Gasteiger partial charge >= 0.3 is 0 Å². The molecule has 1 aromatic heterocycles. The highest BCUT2D eigenvalue weighted by Crippen LogP contribution is 2.26. The van der Waals surface area contributed by atoms with Gasteiger partial charge in [0.2, 0.25) is 0 Å². The third-order valence-electron chi connectivity index (χ3n) is 3.81. The van der Waals surface area contributed by atoms with Crippen molar-refractivity contribution in [3.8, 4) is 0 Å². The van der Waals surface area contributed by atoms with Crippen molar-refractivity contribution in [2.24, 2.45) is 0 Å². The van der Waals surface area contributed by atoms with E-state index < -0.39 is 10.2 Å². The minimum atomic E-state index is -3.47. The van der Waals surface area contributed by atoms with Crippen LogP contribution in [0.4, 0.5) is 0 Å². The summed E-state index contributed by atoms with van der Waals surface area (Å²) in [7, 11) is -3.47. The first-order valence-electron chi connectivity index (χ1n) is 7.33. The zero-order valence-electron chi connectivity index (χ0n) is 12.5. The fraction of sp³-hybridized carbons (Fsp3) is 0.714. The number of halogens is 1. The van der Waals surface area contributed by atoms with Crippen molar-refractivity contribution in [3.05, 3.63) is 22.4 Å². The first kappa shape index (κ1) is 17.2. The summed E-state index contributed by atoms with van der Waals surface area (Å²) >= 11 is 7.57. The third kappa shape index (κ3) is 3.99. The van der Waals surface area contributed by atoms with Crippen molar-refractivity contribution in [3.63, 3.8) is 0 Å². The van der Waals surface area contributed by atoms with Gasteiger partial charge < -0.3 is 0 Å². The van der Waals surface area contributed by atoms with Crippen LogP contribution in [0.1, 0.15) is 38.0 Å². The van der Waals surface area contributed by atoms with Crippen LogP contribution in [0.5, 0.6) is 0 Å². The summed E-state index contributed by atoms with van der Waals surface area (Å²) in [6, 6.07) is 3.78. The Labute approximate surface area is 136 Å². The molecule has 1 aliphatic heterocycles. The van der Waals surface area contributed by atoms with E-state index in [1.807, 2.05) is 31.4 Å². The van der Waals surface area contributed by atoms with Crippen molar-refractivity contribution in [2.75, 3.05) is 12.4 Å². The molecule has 2 rings (SSSR count). The van der Waals surface area contributed by atoms with E-state index in [2.05, 4.69) is 0 Å². The highest BCUT2D eigenvalue weighted by molar-refractivity contribution is 7.86. The van der Waals surface area contributed by atoms with Gasteiger partial charge in [0.25, 0.3) is 10.2 Å². The molecule has 21 heavy (non-hydrogen) atoms. The van der Waals surface area contributed by atoms with Crippen LogP contribution in [0, 0.1) is 0 Å². The lowest BCUT2D eigenvalue weighted by atomic mass is 10.1. The molecule has 4 nitrogen and oxygen atoms in total. The van der Waals surface area contributed by atoms with Gasteiger partial charge in [-0.2, -0.15) is 17.0 Å². The Balaban J connectivity index is 2.24. The summed E-state index contributed by atoms with van der Waals surface area (Å²) in [5.74, 6) is 0.365. The molecule has 1 saturated heterocycles. The smallest absolute Gasteiger partial charge is 0.195 e. The molecule has 1 aromatic rings. The number of hydrogen-bond donors (Lipinski definition) is 0. The molecule has 0 aromatic carbocycles. The molecule has 0 spiro atoms. The normalized spacial score (nSPS) is 21.3. The summed E-state index contributed by atoms with van der Waals surface area (Å²) < 4.78 is 29.2. The predicted octanol–water partition coefficient (Wildman–Crippen LogP) is 3.30. The average molecular weight is 351 g/mol. The maximum atomic E-state index is 13.0. The molecule has 1 aliphatic rings. The Morgan fingerprint density at radius 2 is 2.24 bits per heavy atom. The van der Waals surface area contributed by atoms with Gasteiger partial charge in [-0.15, -0.1) is 22.9 Å². The Morgan fingerprint density at radius 3 is 2.81 bits per heavy atom. The van der Waals surface area contributed by atoms with E-state index in [-0.39, 0.29) is 12.1 Å². The number of alkyl halides is 1. The monoisotopic (exact) mass is 350 g/mol. The van der Waals surface area contributed by atoms with Gasteiger partial charge in [0, 0.05) is 35.9 Å². The lowest BCUT2D eigenvalue weighted by Crippen LogP contribution is -2.52. The predicted molar refractivity (Wildman–Crippen MR) is 89.0 cm³/mol. The van der Waals surface area contributed by atoms with E-state index in [9.17, 15) is 8.42 Å². The van der Waals surface area contributed by atoms with Gasteiger partial charge in [0.15, 0.2) is 0 Å². The number of thiophene rings is 1. The Bertz CT molecular complexity index is 531. The molecule has 120 valence electrons. The van der Waals surface area contributed by atoms with Gasteiger partial charge in [0.05, 0.1) is 0 Å². The molecule has 0 radical (unpaired) electrons. The topological polar surface area (TPSA) is 40.6 Å². The van der Waals surface area contributed by atoms with Crippen molar-refractivity contribution in [1.82, 2.24) is 8.61 Å². The largest absolute Gasteiger partial charge is 0.282 e. The zero-order chi connectivity index (χ0) is 15.5. The van der Waals surface area contributed by atoms with Gasteiger partial charge in [0.1, 0.15) is 0 Å². The molecule has 2 heterocycles. The molecule has 7 heteroatoms. The summed E-state index contributed by atoms with van der Waals surface area (Å²) in [6.07, 6.45) is 2.82. The molecule has 0 amide bonds. The van der Waals surface area contributed by atoms with Gasteiger partial charge in [-0.1, -0.05) is 12.5 Å². The van der Waals surface area contributed by atoms with Crippen LogP contribution in [0.3, 0.4) is 0 Å². The summed E-state index contributed by atoms with van der Waals surface area (Å²) in [5, 5.41) is 1.98. The summed E-state index contributed by atoms with van der Waals surface area (Å²) in [6.45, 7) is 4.85. The number of rotatable bonds is 6. The number of nitrogens with zero attached hydrogens (tertiary/aromatic N) is 2. The minimum absolute atomic E-state index is 0.0741. The molecule has 0 bridgehead atoms. The molecular formula is C14H23ClN2O2S2. The quantitative estimate of drug-likeness (QED) is 0.738. The molecule has 1 atom stereocenters. The lowest BCUT2D eigenvalue weighted by Gasteiger charge is -2.38. The highest BCUT2D eigenvalue weighted by Gasteiger charge is 2.37. The van der Waals surface area contributed by atoms with Crippen molar-refractivity contribution in [1.29, 1.82) is 0 Å². The van der Waals surface area contributed by atoms with Crippen molar-refractivity contribution < 1.29 is 8.42 Å². The first-order valence-corrected chi connectivity index (χ1v) is 10.1. The summed E-state index contributed by atoms with van der Waals surface area (Å²) in [5.41, 5.74) is 0. The van der Waals surface area contributed by atoms with Crippen molar-refractivity contribution in [2.45, 2.75) is 51.7 Å². The maximum absolute atomic E-state index is 13.0. The Hall–Kier alpha value is -0.140. The molecule has 0 N–H and O–H groups in total. The SMILES string of the molecule is CC(C)N(Cc1cccs1)S(=O)(=O)N1CCCCC1CCl. The molecular weight excluding hydrogens is 328 g/mol. The van der Waals surface area contributed by atoms with Crippen LogP contribution >= 0.6 is 22.9 Å². The lowest BCUT2D eigenvalue weighted by molar-refractivity contribution is 0.234. The minimum Gasteiger partial charge on any atom is -0.195 e. The first-order chi connectivity index (χ1) is 9.96. The number of hydrogen-bond acceptors (Lipinski definition) is 3. The van der Waals surface area contributed by atoms with Crippen LogP contribution in [-0.4, -0.2) is 41.5 Å². The molecule has 0 saturated carbocycles.